The van der Waals surface area contributed by atoms with E-state index in [1.54, 1.807) is 11.9 Å². The Balaban J connectivity index is 1.74. The molecule has 1 aliphatic heterocycles. The van der Waals surface area contributed by atoms with Crippen LogP contribution in [0.5, 0.6) is 0 Å². The summed E-state index contributed by atoms with van der Waals surface area (Å²) in [7, 11) is 0. The summed E-state index contributed by atoms with van der Waals surface area (Å²) in [6.07, 6.45) is 2.43. The standard InChI is InChI=1S/C14H18N2O3/c1-3-18-13(17)8-16-7-11-6-12(10-4-5-10)19-14(11)9(2)15-16/h6,10H,3-5,7-8H2,1-2H3. The van der Waals surface area contributed by atoms with Crippen molar-refractivity contribution in [2.24, 2.45) is 5.10 Å². The summed E-state index contributed by atoms with van der Waals surface area (Å²) in [4.78, 5) is 11.5. The number of nitrogens with zero attached hydrogens (tertiary/aromatic N) is 2. The molecule has 2 aliphatic rings. The van der Waals surface area contributed by atoms with Gasteiger partial charge in [-0.2, -0.15) is 5.10 Å². The Morgan fingerprint density at radius 3 is 3.05 bits per heavy atom. The van der Waals surface area contributed by atoms with Crippen LogP contribution < -0.4 is 0 Å². The van der Waals surface area contributed by atoms with Gasteiger partial charge in [0.25, 0.3) is 0 Å². The van der Waals surface area contributed by atoms with Crippen molar-refractivity contribution < 1.29 is 13.9 Å². The molecule has 1 saturated carbocycles. The number of hydrogen-bond acceptors (Lipinski definition) is 5. The second-order valence-electron chi connectivity index (χ2n) is 5.09. The maximum Gasteiger partial charge on any atom is 0.327 e. The van der Waals surface area contributed by atoms with E-state index in [1.807, 2.05) is 6.92 Å². The first-order valence-corrected chi connectivity index (χ1v) is 6.76. The average Bonchev–Trinajstić information content (AvgIpc) is 3.10. The Hall–Kier alpha value is -1.78. The van der Waals surface area contributed by atoms with Gasteiger partial charge in [0.2, 0.25) is 0 Å². The maximum atomic E-state index is 11.5. The Kier molecular flexibility index (Phi) is 3.05. The Bertz CT molecular complexity index is 529. The second kappa shape index (κ2) is 4.72. The molecule has 2 heterocycles. The zero-order chi connectivity index (χ0) is 13.4. The predicted molar refractivity (Wildman–Crippen MR) is 69.9 cm³/mol. The lowest BCUT2D eigenvalue weighted by molar-refractivity contribution is -0.144. The zero-order valence-electron chi connectivity index (χ0n) is 11.3. The Labute approximate surface area is 112 Å². The highest BCUT2D eigenvalue weighted by Crippen LogP contribution is 2.42. The number of ether oxygens (including phenoxy) is 1. The molecule has 1 aliphatic carbocycles. The van der Waals surface area contributed by atoms with Crippen LogP contribution in [0.4, 0.5) is 0 Å². The molecular formula is C14H18N2O3. The molecule has 3 rings (SSSR count). The van der Waals surface area contributed by atoms with Crippen LogP contribution in [-0.4, -0.2) is 29.8 Å². The molecule has 0 saturated heterocycles. The van der Waals surface area contributed by atoms with E-state index in [9.17, 15) is 4.79 Å². The van der Waals surface area contributed by atoms with Gasteiger partial charge in [-0.25, -0.2) is 0 Å². The molecule has 19 heavy (non-hydrogen) atoms. The molecule has 5 nitrogen and oxygen atoms in total. The third-order valence-electron chi connectivity index (χ3n) is 3.40. The molecule has 0 amide bonds. The van der Waals surface area contributed by atoms with Gasteiger partial charge in [-0.3, -0.25) is 9.80 Å². The molecular weight excluding hydrogens is 244 g/mol. The topological polar surface area (TPSA) is 55.0 Å². The SMILES string of the molecule is CCOC(=O)CN1Cc2cc(C3CC3)oc2C(C)=N1. The van der Waals surface area contributed by atoms with Crippen LogP contribution in [0, 0.1) is 0 Å². The molecule has 0 atom stereocenters. The number of rotatable bonds is 4. The van der Waals surface area contributed by atoms with Crippen LogP contribution in [-0.2, 0) is 16.1 Å². The van der Waals surface area contributed by atoms with E-state index in [0.29, 0.717) is 19.1 Å². The van der Waals surface area contributed by atoms with Crippen LogP contribution in [0.2, 0.25) is 0 Å². The summed E-state index contributed by atoms with van der Waals surface area (Å²) in [6.45, 7) is 4.92. The Morgan fingerprint density at radius 2 is 2.37 bits per heavy atom. The fraction of sp³-hybridized carbons (Fsp3) is 0.571. The van der Waals surface area contributed by atoms with Crippen LogP contribution >= 0.6 is 0 Å². The van der Waals surface area contributed by atoms with Gasteiger partial charge in [-0.05, 0) is 32.8 Å². The number of fused-ring (bicyclic) bond motifs is 1. The van der Waals surface area contributed by atoms with Gasteiger partial charge in [0.05, 0.1) is 13.2 Å². The first kappa shape index (κ1) is 12.3. The highest BCUT2D eigenvalue weighted by Gasteiger charge is 2.30. The normalized spacial score (nSPS) is 18.0. The minimum absolute atomic E-state index is 0.189. The van der Waals surface area contributed by atoms with Gasteiger partial charge in [-0.15, -0.1) is 0 Å². The van der Waals surface area contributed by atoms with Crippen molar-refractivity contribution in [3.05, 3.63) is 23.2 Å². The third kappa shape index (κ3) is 2.50. The van der Waals surface area contributed by atoms with Crippen LogP contribution in [0.25, 0.3) is 0 Å². The van der Waals surface area contributed by atoms with E-state index in [-0.39, 0.29) is 12.5 Å². The average molecular weight is 262 g/mol. The first-order chi connectivity index (χ1) is 9.17. The van der Waals surface area contributed by atoms with Crippen LogP contribution in [0.15, 0.2) is 15.6 Å². The number of carbonyl (C=O) groups is 1. The molecule has 0 radical (unpaired) electrons. The van der Waals surface area contributed by atoms with Crippen molar-refractivity contribution in [3.8, 4) is 0 Å². The van der Waals surface area contributed by atoms with Crippen LogP contribution in [0.3, 0.4) is 0 Å². The van der Waals surface area contributed by atoms with Crippen molar-refractivity contribution in [2.45, 2.75) is 39.2 Å². The summed E-state index contributed by atoms with van der Waals surface area (Å²) < 4.78 is 10.8. The number of hydrogen-bond donors (Lipinski definition) is 0. The van der Waals surface area contributed by atoms with Crippen molar-refractivity contribution in [2.75, 3.05) is 13.2 Å². The summed E-state index contributed by atoms with van der Waals surface area (Å²) in [5.74, 6) is 2.30. The highest BCUT2D eigenvalue weighted by atomic mass is 16.5. The van der Waals surface area contributed by atoms with Crippen molar-refractivity contribution in [1.29, 1.82) is 0 Å². The van der Waals surface area contributed by atoms with E-state index < -0.39 is 0 Å². The molecule has 5 heteroatoms. The molecule has 102 valence electrons. The van der Waals surface area contributed by atoms with Gasteiger partial charge in [0.15, 0.2) is 5.76 Å². The number of carbonyl (C=O) groups excluding carboxylic acids is 1. The Morgan fingerprint density at radius 1 is 1.58 bits per heavy atom. The quantitative estimate of drug-likeness (QED) is 0.781. The summed E-state index contributed by atoms with van der Waals surface area (Å²) >= 11 is 0. The van der Waals surface area contributed by atoms with E-state index >= 15 is 0 Å². The van der Waals surface area contributed by atoms with Crippen molar-refractivity contribution >= 4 is 11.7 Å². The zero-order valence-corrected chi connectivity index (χ0v) is 11.3. The van der Waals surface area contributed by atoms with E-state index in [1.165, 1.54) is 12.8 Å². The van der Waals surface area contributed by atoms with Gasteiger partial charge in [0, 0.05) is 11.5 Å². The van der Waals surface area contributed by atoms with Crippen molar-refractivity contribution in [3.63, 3.8) is 0 Å². The monoisotopic (exact) mass is 262 g/mol. The van der Waals surface area contributed by atoms with Gasteiger partial charge >= 0.3 is 5.97 Å². The van der Waals surface area contributed by atoms with Crippen molar-refractivity contribution in [1.82, 2.24) is 5.01 Å². The van der Waals surface area contributed by atoms with Gasteiger partial charge in [0.1, 0.15) is 18.0 Å². The minimum atomic E-state index is -0.242. The van der Waals surface area contributed by atoms with E-state index in [0.717, 1.165) is 22.8 Å². The van der Waals surface area contributed by atoms with Crippen LogP contribution in [0.1, 0.15) is 49.7 Å². The maximum absolute atomic E-state index is 11.5. The fourth-order valence-corrected chi connectivity index (χ4v) is 2.38. The molecule has 1 aromatic heterocycles. The number of furan rings is 1. The molecule has 0 unspecified atom stereocenters. The van der Waals surface area contributed by atoms with Gasteiger partial charge in [-0.1, -0.05) is 0 Å². The third-order valence-corrected chi connectivity index (χ3v) is 3.40. The highest BCUT2D eigenvalue weighted by molar-refractivity contribution is 5.98. The molecule has 0 aromatic carbocycles. The summed E-state index contributed by atoms with van der Waals surface area (Å²) in [6, 6.07) is 2.11. The smallest absolute Gasteiger partial charge is 0.327 e. The van der Waals surface area contributed by atoms with E-state index in [2.05, 4.69) is 11.2 Å². The molecule has 0 spiro atoms. The fourth-order valence-electron chi connectivity index (χ4n) is 2.38. The molecule has 1 aromatic rings. The second-order valence-corrected chi connectivity index (χ2v) is 5.09. The first-order valence-electron chi connectivity index (χ1n) is 6.76. The summed E-state index contributed by atoms with van der Waals surface area (Å²) in [5.41, 5.74) is 1.95. The molecule has 1 fully saturated rings. The van der Waals surface area contributed by atoms with E-state index in [4.69, 9.17) is 9.15 Å². The largest absolute Gasteiger partial charge is 0.465 e. The molecule has 0 bridgehead atoms. The van der Waals surface area contributed by atoms with Gasteiger partial charge < -0.3 is 9.15 Å². The number of esters is 1. The lowest BCUT2D eigenvalue weighted by Gasteiger charge is -2.22. The minimum Gasteiger partial charge on any atom is -0.465 e. The number of hydrazone groups is 1. The predicted octanol–water partition coefficient (Wildman–Crippen LogP) is 2.26. The lowest BCUT2D eigenvalue weighted by atomic mass is 10.1. The summed E-state index contributed by atoms with van der Waals surface area (Å²) in [5, 5.41) is 6.13. The lowest BCUT2D eigenvalue weighted by Crippen LogP contribution is -2.30. The molecule has 0 N–H and O–H groups in total.